The van der Waals surface area contributed by atoms with Crippen LogP contribution in [0.25, 0.3) is 0 Å². The van der Waals surface area contributed by atoms with Crippen LogP contribution >= 0.6 is 0 Å². The van der Waals surface area contributed by atoms with Gasteiger partial charge in [-0.05, 0) is 5.92 Å². The van der Waals surface area contributed by atoms with Gasteiger partial charge in [-0.1, -0.05) is 32.6 Å². The van der Waals surface area contributed by atoms with E-state index in [0.29, 0.717) is 19.7 Å². The molecule has 1 fully saturated rings. The SMILES string of the molecule is CC1CCCC1.[CH2]=[Al][CH](C)[O][AlH][CH3]. The van der Waals surface area contributed by atoms with Crippen molar-refractivity contribution < 1.29 is 3.79 Å². The van der Waals surface area contributed by atoms with Gasteiger partial charge in [-0.3, -0.25) is 0 Å². The van der Waals surface area contributed by atoms with E-state index in [2.05, 4.69) is 25.0 Å². The molecule has 1 aliphatic rings. The van der Waals surface area contributed by atoms with E-state index in [4.69, 9.17) is 3.79 Å². The van der Waals surface area contributed by atoms with Gasteiger partial charge in [0.05, 0.1) is 0 Å². The van der Waals surface area contributed by atoms with Gasteiger partial charge in [0, 0.05) is 0 Å². The standard InChI is InChI=1S/C6H12.C2H4O.CH3.CH2.2Al.H/c1-6-4-2-3-5-6;1-2-3;;;;;/h6H,2-5H2,1H3;2H,1H3;1H3;1H2;;;/q;-1;;;;+1;. The van der Waals surface area contributed by atoms with Gasteiger partial charge < -0.3 is 0 Å². The molecule has 0 bridgehead atoms. The molecule has 1 unspecified atom stereocenters. The van der Waals surface area contributed by atoms with Gasteiger partial charge in [0.2, 0.25) is 0 Å². The molecule has 0 radical (unpaired) electrons. The van der Waals surface area contributed by atoms with Crippen molar-refractivity contribution >= 4 is 35.7 Å². The van der Waals surface area contributed by atoms with E-state index < -0.39 is 0 Å². The first-order valence-electron chi connectivity index (χ1n) is 5.44. The Morgan fingerprint density at radius 2 is 2.00 bits per heavy atom. The van der Waals surface area contributed by atoms with Crippen LogP contribution in [0, 0.1) is 5.92 Å². The van der Waals surface area contributed by atoms with Crippen LogP contribution in [-0.4, -0.2) is 40.7 Å². The molecule has 0 spiro atoms. The summed E-state index contributed by atoms with van der Waals surface area (Å²) in [5, 5.41) is 3.78. The zero-order chi connectivity index (χ0) is 10.1. The van der Waals surface area contributed by atoms with E-state index in [-0.39, 0.29) is 15.6 Å². The third-order valence-corrected chi connectivity index (χ3v) is 4.51. The van der Waals surface area contributed by atoms with E-state index in [0.717, 1.165) is 5.92 Å². The van der Waals surface area contributed by atoms with E-state index >= 15 is 0 Å². The van der Waals surface area contributed by atoms with Crippen LogP contribution in [0.2, 0.25) is 5.79 Å². The quantitative estimate of drug-likeness (QED) is 0.651. The summed E-state index contributed by atoms with van der Waals surface area (Å²) in [6.45, 7) is 4.44. The molecule has 0 amide bonds. The molecule has 1 rings (SSSR count). The van der Waals surface area contributed by atoms with Crippen LogP contribution in [-0.2, 0) is 3.79 Å². The minimum atomic E-state index is -0.164. The molecule has 1 atom stereocenters. The van der Waals surface area contributed by atoms with Gasteiger partial charge in [0.25, 0.3) is 0 Å². The summed E-state index contributed by atoms with van der Waals surface area (Å²) in [5.41, 5.74) is 0. The molecule has 0 heterocycles. The van der Waals surface area contributed by atoms with Gasteiger partial charge in [-0.25, -0.2) is 0 Å². The van der Waals surface area contributed by atoms with Crippen LogP contribution in [0.5, 0.6) is 0 Å². The Kier molecular flexibility index (Phi) is 10.1. The molecule has 1 saturated carbocycles. The molecule has 3 heteroatoms. The van der Waals surface area contributed by atoms with E-state index in [9.17, 15) is 0 Å². The van der Waals surface area contributed by atoms with Crippen molar-refractivity contribution in [3.05, 3.63) is 0 Å². The fourth-order valence-corrected chi connectivity index (χ4v) is 3.11. The van der Waals surface area contributed by atoms with Crippen LogP contribution in [0.3, 0.4) is 0 Å². The molecule has 0 aromatic carbocycles. The molecule has 1 nitrogen and oxygen atoms in total. The number of hydrogen-bond donors (Lipinski definition) is 0. The molecule has 0 saturated heterocycles. The van der Waals surface area contributed by atoms with Crippen molar-refractivity contribution in [3.63, 3.8) is 0 Å². The van der Waals surface area contributed by atoms with Gasteiger partial charge in [0.15, 0.2) is 0 Å². The summed E-state index contributed by atoms with van der Waals surface area (Å²) >= 11 is 0.132. The maximum atomic E-state index is 5.30. The Morgan fingerprint density at radius 3 is 2.15 bits per heavy atom. The first kappa shape index (κ1) is 13.9. The van der Waals surface area contributed by atoms with E-state index in [1.54, 1.807) is 0 Å². The van der Waals surface area contributed by atoms with Crippen LogP contribution < -0.4 is 0 Å². The fraction of sp³-hybridized carbons (Fsp3) is 0.900. The average Bonchev–Trinajstić information content (AvgIpc) is 2.57. The molecular formula is C10H22Al2O. The van der Waals surface area contributed by atoms with Crippen molar-refractivity contribution in [1.82, 2.24) is 0 Å². The van der Waals surface area contributed by atoms with Gasteiger partial charge in [0.1, 0.15) is 0 Å². The normalized spacial score (nSPS) is 18.4. The van der Waals surface area contributed by atoms with Crippen LogP contribution in [0.1, 0.15) is 39.5 Å². The van der Waals surface area contributed by atoms with Crippen LogP contribution in [0.4, 0.5) is 0 Å². The Balaban J connectivity index is 0.000000223. The van der Waals surface area contributed by atoms with E-state index in [1.165, 1.54) is 25.7 Å². The zero-order valence-corrected chi connectivity index (χ0v) is 12.0. The van der Waals surface area contributed by atoms with Crippen molar-refractivity contribution in [2.75, 3.05) is 0 Å². The summed E-state index contributed by atoms with van der Waals surface area (Å²) in [4.78, 5) is 0.483. The molecule has 1 aliphatic carbocycles. The molecule has 13 heavy (non-hydrogen) atoms. The second-order valence-corrected chi connectivity index (χ2v) is 6.11. The van der Waals surface area contributed by atoms with Crippen molar-refractivity contribution in [1.29, 1.82) is 0 Å². The summed E-state index contributed by atoms with van der Waals surface area (Å²) in [7, 11) is 0. The zero-order valence-electron chi connectivity index (χ0n) is 9.38. The Labute approximate surface area is 95.5 Å². The molecule has 0 aromatic heterocycles. The summed E-state index contributed by atoms with van der Waals surface area (Å²) < 4.78 is 5.30. The molecule has 0 aromatic rings. The van der Waals surface area contributed by atoms with Crippen molar-refractivity contribution in [2.45, 2.75) is 50.3 Å². The van der Waals surface area contributed by atoms with Crippen molar-refractivity contribution in [3.8, 4) is 0 Å². The fourth-order valence-electron chi connectivity index (χ4n) is 1.46. The second kappa shape index (κ2) is 9.45. The summed E-state index contributed by atoms with van der Waals surface area (Å²) in [5.74, 6) is 3.19. The Hall–Kier alpha value is 0.895. The number of rotatable bonds is 3. The predicted octanol–water partition coefficient (Wildman–Crippen LogP) is 2.08. The second-order valence-electron chi connectivity index (χ2n) is 3.79. The third kappa shape index (κ3) is 9.21. The minimum absolute atomic E-state index is 0.164. The monoisotopic (exact) mass is 212 g/mol. The molecule has 0 aliphatic heterocycles. The van der Waals surface area contributed by atoms with Crippen molar-refractivity contribution in [2.24, 2.45) is 5.92 Å². The van der Waals surface area contributed by atoms with E-state index in [1.807, 2.05) is 0 Å². The predicted molar refractivity (Wildman–Crippen MR) is 64.1 cm³/mol. The van der Waals surface area contributed by atoms with Crippen LogP contribution in [0.15, 0.2) is 0 Å². The van der Waals surface area contributed by atoms with Gasteiger partial charge in [-0.15, -0.1) is 0 Å². The van der Waals surface area contributed by atoms with Gasteiger partial charge in [-0.2, -0.15) is 0 Å². The number of hydrogen-bond acceptors (Lipinski definition) is 1. The third-order valence-electron chi connectivity index (χ3n) is 2.41. The first-order valence-corrected chi connectivity index (χ1v) is 8.92. The summed E-state index contributed by atoms with van der Waals surface area (Å²) in [6.07, 6.45) is 5.95. The topological polar surface area (TPSA) is 9.23 Å². The Morgan fingerprint density at radius 1 is 1.46 bits per heavy atom. The van der Waals surface area contributed by atoms with Gasteiger partial charge >= 0.3 is 57.2 Å². The summed E-state index contributed by atoms with van der Waals surface area (Å²) in [6, 6.07) is 0. The Bertz CT molecular complexity index is 122. The molecule has 0 N–H and O–H groups in total. The average molecular weight is 212 g/mol. The maximum absolute atomic E-state index is 5.30. The first-order chi connectivity index (χ1) is 6.20. The molecular weight excluding hydrogens is 190 g/mol. The molecule has 74 valence electrons.